The van der Waals surface area contributed by atoms with E-state index in [0.717, 1.165) is 30.6 Å². The van der Waals surface area contributed by atoms with E-state index < -0.39 is 12.0 Å². The van der Waals surface area contributed by atoms with E-state index in [1.807, 2.05) is 60.7 Å². The maximum atomic E-state index is 14.2. The lowest BCUT2D eigenvalue weighted by molar-refractivity contribution is -0.151. The molecule has 0 spiro atoms. The molecule has 2 heterocycles. The normalized spacial score (nSPS) is 22.5. The first-order valence-electron chi connectivity index (χ1n) is 12.9. The third kappa shape index (κ3) is 5.07. The quantitative estimate of drug-likeness (QED) is 0.472. The number of methoxy groups -OCH3 is 1. The molecular weight excluding hydrogens is 448 g/mol. The zero-order valence-electron chi connectivity index (χ0n) is 20.8. The number of ether oxygens (including phenoxy) is 1. The van der Waals surface area contributed by atoms with Gasteiger partial charge in [0.05, 0.1) is 13.0 Å². The van der Waals surface area contributed by atoms with Gasteiger partial charge in [0.25, 0.3) is 0 Å². The van der Waals surface area contributed by atoms with Gasteiger partial charge in [0.1, 0.15) is 6.04 Å². The molecule has 3 aromatic rings. The number of nitrogens with zero attached hydrogens (tertiary/aromatic N) is 2. The Morgan fingerprint density at radius 1 is 0.833 bits per heavy atom. The van der Waals surface area contributed by atoms with E-state index in [4.69, 9.17) is 4.74 Å². The van der Waals surface area contributed by atoms with Crippen LogP contribution in [0.1, 0.15) is 47.8 Å². The van der Waals surface area contributed by atoms with E-state index >= 15 is 0 Å². The van der Waals surface area contributed by atoms with Crippen molar-refractivity contribution in [2.45, 2.75) is 43.2 Å². The maximum Gasteiger partial charge on any atom is 0.328 e. The minimum atomic E-state index is -0.570. The van der Waals surface area contributed by atoms with Crippen molar-refractivity contribution >= 4 is 11.9 Å². The molecule has 3 atom stereocenters. The van der Waals surface area contributed by atoms with Gasteiger partial charge in [-0.1, -0.05) is 91.0 Å². The summed E-state index contributed by atoms with van der Waals surface area (Å²) in [7, 11) is 1.41. The van der Waals surface area contributed by atoms with Crippen LogP contribution in [0.4, 0.5) is 0 Å². The average molecular weight is 483 g/mol. The second-order valence-corrected chi connectivity index (χ2v) is 9.92. The first kappa shape index (κ1) is 24.3. The topological polar surface area (TPSA) is 49.9 Å². The minimum absolute atomic E-state index is 0.0399. The van der Waals surface area contributed by atoms with Crippen molar-refractivity contribution in [2.24, 2.45) is 0 Å². The van der Waals surface area contributed by atoms with Gasteiger partial charge < -0.3 is 9.64 Å². The summed E-state index contributed by atoms with van der Waals surface area (Å²) in [5, 5.41) is 0. The van der Waals surface area contributed by atoms with Gasteiger partial charge in [0, 0.05) is 19.1 Å². The summed E-state index contributed by atoms with van der Waals surface area (Å²) in [4.78, 5) is 31.4. The van der Waals surface area contributed by atoms with E-state index in [1.165, 1.54) is 19.1 Å². The van der Waals surface area contributed by atoms with Crippen molar-refractivity contribution in [3.63, 3.8) is 0 Å². The number of carbonyl (C=O) groups is 2. The molecule has 3 aromatic carbocycles. The smallest absolute Gasteiger partial charge is 0.328 e. The summed E-state index contributed by atoms with van der Waals surface area (Å²) < 4.78 is 5.18. The number of benzene rings is 3. The van der Waals surface area contributed by atoms with Crippen LogP contribution >= 0.6 is 0 Å². The van der Waals surface area contributed by atoms with Gasteiger partial charge in [-0.25, -0.2) is 4.79 Å². The van der Waals surface area contributed by atoms with Crippen molar-refractivity contribution < 1.29 is 14.3 Å². The van der Waals surface area contributed by atoms with Crippen LogP contribution in [0.2, 0.25) is 0 Å². The fraction of sp³-hybridized carbons (Fsp3) is 0.355. The van der Waals surface area contributed by atoms with Crippen molar-refractivity contribution in [1.82, 2.24) is 9.80 Å². The van der Waals surface area contributed by atoms with Gasteiger partial charge in [-0.15, -0.1) is 0 Å². The van der Waals surface area contributed by atoms with Crippen LogP contribution < -0.4 is 0 Å². The molecule has 5 heteroatoms. The van der Waals surface area contributed by atoms with Crippen molar-refractivity contribution in [1.29, 1.82) is 0 Å². The highest BCUT2D eigenvalue weighted by Gasteiger charge is 2.45. The van der Waals surface area contributed by atoms with Crippen molar-refractivity contribution in [3.8, 4) is 0 Å². The molecule has 0 aromatic heterocycles. The number of piperidine rings is 1. The van der Waals surface area contributed by atoms with Gasteiger partial charge in [-0.2, -0.15) is 0 Å². The van der Waals surface area contributed by atoms with Crippen LogP contribution in [-0.4, -0.2) is 60.5 Å². The molecule has 36 heavy (non-hydrogen) atoms. The molecule has 0 bridgehead atoms. The summed E-state index contributed by atoms with van der Waals surface area (Å²) in [6.45, 7) is 2.48. The highest BCUT2D eigenvalue weighted by Crippen LogP contribution is 2.35. The summed E-state index contributed by atoms with van der Waals surface area (Å²) in [6, 6.07) is 30.0. The lowest BCUT2D eigenvalue weighted by atomic mass is 9.89. The summed E-state index contributed by atoms with van der Waals surface area (Å²) >= 11 is 0. The standard InChI is InChI=1S/C31H34N2O3/c1-36-31(35)28-20-27(32-19-11-18-26(21-32)23-12-5-2-6-13-23)22-33(28)30(34)29(24-14-7-3-8-15-24)25-16-9-4-10-17-25/h2-10,12-17,26-29H,11,18-22H2,1H3/t26-,27+,28+/m1/s1. The zero-order chi connectivity index (χ0) is 24.9. The highest BCUT2D eigenvalue weighted by molar-refractivity contribution is 5.91. The molecule has 2 aliphatic heterocycles. The second kappa shape index (κ2) is 11.1. The molecule has 5 rings (SSSR count). The predicted octanol–water partition coefficient (Wildman–Crippen LogP) is 4.84. The Hall–Kier alpha value is -3.44. The number of carbonyl (C=O) groups excluding carboxylic acids is 2. The van der Waals surface area contributed by atoms with Gasteiger partial charge >= 0.3 is 5.97 Å². The molecule has 2 fully saturated rings. The number of esters is 1. The fourth-order valence-corrected chi connectivity index (χ4v) is 5.95. The van der Waals surface area contributed by atoms with Crippen LogP contribution in [0.25, 0.3) is 0 Å². The molecule has 5 nitrogen and oxygen atoms in total. The van der Waals surface area contributed by atoms with E-state index in [1.54, 1.807) is 4.90 Å². The molecular formula is C31H34N2O3. The van der Waals surface area contributed by atoms with Crippen LogP contribution in [-0.2, 0) is 14.3 Å². The number of amides is 1. The van der Waals surface area contributed by atoms with Crippen molar-refractivity contribution in [2.75, 3.05) is 26.7 Å². The lowest BCUT2D eigenvalue weighted by Gasteiger charge is -2.37. The largest absolute Gasteiger partial charge is 0.467 e. The third-order valence-corrected chi connectivity index (χ3v) is 7.79. The summed E-state index contributed by atoms with van der Waals surface area (Å²) in [5.41, 5.74) is 3.23. The van der Waals surface area contributed by atoms with Gasteiger partial charge in [0.15, 0.2) is 0 Å². The Kier molecular flexibility index (Phi) is 7.47. The summed E-state index contributed by atoms with van der Waals surface area (Å²) in [5.74, 6) is -0.358. The van der Waals surface area contributed by atoms with Crippen LogP contribution in [0, 0.1) is 0 Å². The number of likely N-dealkylation sites (tertiary alicyclic amines) is 2. The van der Waals surface area contributed by atoms with E-state index in [-0.39, 0.29) is 17.9 Å². The maximum absolute atomic E-state index is 14.2. The molecule has 0 aliphatic carbocycles. The Balaban J connectivity index is 1.41. The molecule has 186 valence electrons. The molecule has 1 amide bonds. The molecule has 0 saturated carbocycles. The highest BCUT2D eigenvalue weighted by atomic mass is 16.5. The first-order valence-corrected chi connectivity index (χ1v) is 12.9. The predicted molar refractivity (Wildman–Crippen MR) is 141 cm³/mol. The Morgan fingerprint density at radius 2 is 1.42 bits per heavy atom. The Labute approximate surface area is 213 Å². The third-order valence-electron chi connectivity index (χ3n) is 7.79. The fourth-order valence-electron chi connectivity index (χ4n) is 5.95. The zero-order valence-corrected chi connectivity index (χ0v) is 20.8. The first-order chi connectivity index (χ1) is 17.7. The van der Waals surface area contributed by atoms with Gasteiger partial charge in [-0.05, 0) is 48.4 Å². The Morgan fingerprint density at radius 3 is 2.00 bits per heavy atom. The summed E-state index contributed by atoms with van der Waals surface area (Å²) in [6.07, 6.45) is 2.89. The van der Waals surface area contributed by atoms with E-state index in [0.29, 0.717) is 18.9 Å². The van der Waals surface area contributed by atoms with E-state index in [2.05, 4.69) is 35.2 Å². The van der Waals surface area contributed by atoms with Crippen LogP contribution in [0.15, 0.2) is 91.0 Å². The SMILES string of the molecule is COC(=O)[C@@H]1C[C@H](N2CCC[C@@H](c3ccccc3)C2)CN1C(=O)C(c1ccccc1)c1ccccc1. The average Bonchev–Trinajstić information content (AvgIpc) is 3.40. The molecule has 2 aliphatic rings. The molecule has 0 radical (unpaired) electrons. The number of hydrogen-bond donors (Lipinski definition) is 0. The van der Waals surface area contributed by atoms with Crippen molar-refractivity contribution in [3.05, 3.63) is 108 Å². The van der Waals surface area contributed by atoms with Crippen LogP contribution in [0.3, 0.4) is 0 Å². The van der Waals surface area contributed by atoms with Gasteiger partial charge in [0.2, 0.25) is 5.91 Å². The van der Waals surface area contributed by atoms with Crippen LogP contribution in [0.5, 0.6) is 0 Å². The number of rotatable bonds is 6. The second-order valence-electron chi connectivity index (χ2n) is 9.92. The monoisotopic (exact) mass is 482 g/mol. The van der Waals surface area contributed by atoms with E-state index in [9.17, 15) is 9.59 Å². The molecule has 0 N–H and O–H groups in total. The number of hydrogen-bond acceptors (Lipinski definition) is 4. The molecule has 0 unspecified atom stereocenters. The minimum Gasteiger partial charge on any atom is -0.467 e. The lowest BCUT2D eigenvalue weighted by Crippen LogP contribution is -2.45. The van der Waals surface area contributed by atoms with Gasteiger partial charge in [-0.3, -0.25) is 9.69 Å². The molecule has 2 saturated heterocycles. The Bertz CT molecular complexity index is 1110.